The van der Waals surface area contributed by atoms with Gasteiger partial charge in [-0.05, 0) is 19.0 Å². The van der Waals surface area contributed by atoms with Crippen LogP contribution < -0.4 is 0 Å². The van der Waals surface area contributed by atoms with E-state index < -0.39 is 8.07 Å². The Balaban J connectivity index is 2.55. The van der Waals surface area contributed by atoms with Gasteiger partial charge in [0, 0.05) is 0 Å². The third kappa shape index (κ3) is 1.22. The summed E-state index contributed by atoms with van der Waals surface area (Å²) in [5, 5.41) is 0. The maximum absolute atomic E-state index is 2.46. The van der Waals surface area contributed by atoms with Crippen molar-refractivity contribution in [3.8, 4) is 0 Å². The minimum Gasteiger partial charge on any atom is -0.0885 e. The molecule has 0 saturated carbocycles. The van der Waals surface area contributed by atoms with Gasteiger partial charge in [0.15, 0.2) is 0 Å². The summed E-state index contributed by atoms with van der Waals surface area (Å²) in [6.07, 6.45) is 2.41. The quantitative estimate of drug-likeness (QED) is 0.346. The van der Waals surface area contributed by atoms with Crippen LogP contribution in [0.2, 0.25) is 25.2 Å². The van der Waals surface area contributed by atoms with E-state index in [0.717, 1.165) is 0 Å². The third-order valence-corrected chi connectivity index (χ3v) is 4.58. The molecule has 0 nitrogen and oxygen atoms in total. The summed E-state index contributed by atoms with van der Waals surface area (Å²) in [5.74, 6) is 0. The molecule has 1 heterocycles. The van der Waals surface area contributed by atoms with Crippen molar-refractivity contribution in [3.63, 3.8) is 0 Å². The molecule has 0 aromatic carbocycles. The van der Waals surface area contributed by atoms with E-state index in [1.165, 1.54) is 12.1 Å². The number of rotatable bonds is 0. The molecule has 0 bridgehead atoms. The lowest BCUT2D eigenvalue weighted by atomic mass is 10.3. The minimum absolute atomic E-state index is 0.696. The average molecular weight is 126 g/mol. The SMILES string of the molecule is CC1=CC[Si](C)(C)C1. The monoisotopic (exact) mass is 126 g/mol. The first kappa shape index (κ1) is 6.08. The van der Waals surface area contributed by atoms with Crippen LogP contribution >= 0.6 is 0 Å². The molecule has 1 aliphatic heterocycles. The molecular formula is C7H14Si. The highest BCUT2D eigenvalue weighted by Gasteiger charge is 2.23. The van der Waals surface area contributed by atoms with Gasteiger partial charge in [-0.2, -0.15) is 0 Å². The molecule has 0 aliphatic carbocycles. The molecule has 0 amide bonds. The second-order valence-corrected chi connectivity index (χ2v) is 8.69. The van der Waals surface area contributed by atoms with Crippen LogP contribution in [-0.4, -0.2) is 8.07 Å². The summed E-state index contributed by atoms with van der Waals surface area (Å²) in [5.41, 5.74) is 1.63. The Labute approximate surface area is 52.6 Å². The molecule has 1 aliphatic rings. The fourth-order valence-corrected chi connectivity index (χ4v) is 4.05. The summed E-state index contributed by atoms with van der Waals surface area (Å²) in [7, 11) is -0.696. The van der Waals surface area contributed by atoms with E-state index in [2.05, 4.69) is 26.1 Å². The lowest BCUT2D eigenvalue weighted by Crippen LogP contribution is -2.19. The van der Waals surface area contributed by atoms with Crippen molar-refractivity contribution >= 4 is 8.07 Å². The van der Waals surface area contributed by atoms with E-state index in [1.54, 1.807) is 5.57 Å². The Morgan fingerprint density at radius 1 is 1.50 bits per heavy atom. The molecule has 46 valence electrons. The molecular weight excluding hydrogens is 112 g/mol. The zero-order chi connectivity index (χ0) is 6.20. The van der Waals surface area contributed by atoms with E-state index in [0.29, 0.717) is 0 Å². The molecule has 0 radical (unpaired) electrons. The molecule has 0 fully saturated rings. The first-order valence-corrected chi connectivity index (χ1v) is 6.67. The maximum Gasteiger partial charge on any atom is 0.0551 e. The molecule has 1 rings (SSSR count). The van der Waals surface area contributed by atoms with E-state index in [1.807, 2.05) is 0 Å². The molecule has 0 N–H and O–H groups in total. The van der Waals surface area contributed by atoms with Crippen LogP contribution in [0.4, 0.5) is 0 Å². The van der Waals surface area contributed by atoms with Gasteiger partial charge in [0.05, 0.1) is 8.07 Å². The molecule has 0 aromatic heterocycles. The molecule has 8 heavy (non-hydrogen) atoms. The fraction of sp³-hybridized carbons (Fsp3) is 0.714. The van der Waals surface area contributed by atoms with Crippen molar-refractivity contribution in [1.29, 1.82) is 0 Å². The number of hydrogen-bond acceptors (Lipinski definition) is 0. The predicted molar refractivity (Wildman–Crippen MR) is 40.9 cm³/mol. The second-order valence-electron chi connectivity index (χ2n) is 3.60. The van der Waals surface area contributed by atoms with Gasteiger partial charge < -0.3 is 0 Å². The van der Waals surface area contributed by atoms with Crippen LogP contribution in [0.15, 0.2) is 11.6 Å². The highest BCUT2D eigenvalue weighted by Crippen LogP contribution is 2.28. The van der Waals surface area contributed by atoms with Crippen molar-refractivity contribution in [2.75, 3.05) is 0 Å². The van der Waals surface area contributed by atoms with Crippen LogP contribution in [0.1, 0.15) is 6.92 Å². The minimum atomic E-state index is -0.696. The van der Waals surface area contributed by atoms with Crippen molar-refractivity contribution in [2.24, 2.45) is 0 Å². The largest absolute Gasteiger partial charge is 0.0885 e. The van der Waals surface area contributed by atoms with Gasteiger partial charge in [-0.15, -0.1) is 0 Å². The lowest BCUT2D eigenvalue weighted by molar-refractivity contribution is 1.37. The van der Waals surface area contributed by atoms with E-state index in [4.69, 9.17) is 0 Å². The van der Waals surface area contributed by atoms with Gasteiger partial charge >= 0.3 is 0 Å². The van der Waals surface area contributed by atoms with Crippen LogP contribution in [0, 0.1) is 0 Å². The standard InChI is InChI=1S/C7H14Si/c1-7-4-5-8(2,3)6-7/h4H,5-6H2,1-3H3. The summed E-state index contributed by atoms with van der Waals surface area (Å²) in [4.78, 5) is 0. The summed E-state index contributed by atoms with van der Waals surface area (Å²) in [6.45, 7) is 7.17. The zero-order valence-electron chi connectivity index (χ0n) is 5.99. The molecule has 0 aromatic rings. The van der Waals surface area contributed by atoms with Crippen LogP contribution in [0.5, 0.6) is 0 Å². The van der Waals surface area contributed by atoms with E-state index in [-0.39, 0.29) is 0 Å². The first-order valence-electron chi connectivity index (χ1n) is 3.26. The fourth-order valence-electron chi connectivity index (χ4n) is 1.35. The highest BCUT2D eigenvalue weighted by molar-refractivity contribution is 6.79. The molecule has 0 unspecified atom stereocenters. The van der Waals surface area contributed by atoms with E-state index in [9.17, 15) is 0 Å². The Kier molecular flexibility index (Phi) is 1.31. The Morgan fingerprint density at radius 2 is 2.12 bits per heavy atom. The summed E-state index contributed by atoms with van der Waals surface area (Å²) < 4.78 is 0. The normalized spacial score (nSPS) is 25.6. The summed E-state index contributed by atoms with van der Waals surface area (Å²) in [6, 6.07) is 2.85. The molecule has 0 atom stereocenters. The molecule has 0 spiro atoms. The zero-order valence-corrected chi connectivity index (χ0v) is 6.99. The smallest absolute Gasteiger partial charge is 0.0551 e. The van der Waals surface area contributed by atoms with Crippen molar-refractivity contribution in [3.05, 3.63) is 11.6 Å². The van der Waals surface area contributed by atoms with Crippen molar-refractivity contribution in [2.45, 2.75) is 32.1 Å². The van der Waals surface area contributed by atoms with Crippen LogP contribution in [0.25, 0.3) is 0 Å². The Hall–Kier alpha value is -0.0431. The van der Waals surface area contributed by atoms with Crippen LogP contribution in [-0.2, 0) is 0 Å². The molecule has 1 heteroatoms. The van der Waals surface area contributed by atoms with Gasteiger partial charge in [0.1, 0.15) is 0 Å². The van der Waals surface area contributed by atoms with Crippen LogP contribution in [0.3, 0.4) is 0 Å². The van der Waals surface area contributed by atoms with Gasteiger partial charge in [0.2, 0.25) is 0 Å². The van der Waals surface area contributed by atoms with Gasteiger partial charge in [-0.3, -0.25) is 0 Å². The Morgan fingerprint density at radius 3 is 2.25 bits per heavy atom. The van der Waals surface area contributed by atoms with Gasteiger partial charge in [0.25, 0.3) is 0 Å². The lowest BCUT2D eigenvalue weighted by Gasteiger charge is -2.12. The Bertz CT molecular complexity index is 122. The number of hydrogen-bond donors (Lipinski definition) is 0. The van der Waals surface area contributed by atoms with E-state index >= 15 is 0 Å². The first-order chi connectivity index (χ1) is 3.60. The van der Waals surface area contributed by atoms with Gasteiger partial charge in [-0.25, -0.2) is 0 Å². The predicted octanol–water partition coefficient (Wildman–Crippen LogP) is 2.65. The van der Waals surface area contributed by atoms with Gasteiger partial charge in [-0.1, -0.05) is 24.7 Å². The average Bonchev–Trinajstić information content (AvgIpc) is 1.82. The second kappa shape index (κ2) is 1.73. The summed E-state index contributed by atoms with van der Waals surface area (Å²) >= 11 is 0. The third-order valence-electron chi connectivity index (χ3n) is 1.76. The molecule has 0 saturated heterocycles. The number of allylic oxidation sites excluding steroid dienone is 2. The maximum atomic E-state index is 2.46. The highest BCUT2D eigenvalue weighted by atomic mass is 28.3. The van der Waals surface area contributed by atoms with Crippen molar-refractivity contribution in [1.82, 2.24) is 0 Å². The van der Waals surface area contributed by atoms with Crippen molar-refractivity contribution < 1.29 is 0 Å². The topological polar surface area (TPSA) is 0 Å².